The molecule has 36 heavy (non-hydrogen) atoms. The fourth-order valence-electron chi connectivity index (χ4n) is 2.85. The number of esters is 1. The molecule has 0 amide bonds. The minimum absolute atomic E-state index is 0. The summed E-state index contributed by atoms with van der Waals surface area (Å²) in [4.78, 5) is 35.1. The monoisotopic (exact) mass is 520 g/mol. The Labute approximate surface area is 230 Å². The second kappa shape index (κ2) is 12.8. The van der Waals surface area contributed by atoms with E-state index in [0.29, 0.717) is 28.4 Å². The number of alkyl halides is 1. The number of aromatic amines is 2. The first kappa shape index (κ1) is 26.9. The average Bonchev–Trinajstić information content (AvgIpc) is 3.68. The Kier molecular flexibility index (Phi) is 9.59. The molecule has 14 heteroatoms. The maximum absolute atomic E-state index is 11.7. The van der Waals surface area contributed by atoms with Gasteiger partial charge in [-0.25, -0.2) is 14.8 Å². The standard InChI is InChI=1S/C11H9N3O3.C7H5NO3.C4H5ClN2.Na/c15-11(17-7-14-3-2-12-6-14)9-5-10-8(13-9)1-4-16-10;9-7(10)5-3-6-4(8-5)1-2-11-6;5-3-7-2-1-6-4-7;/h1-6,13H,7H2;1-3,8H,(H,9,10);1-2,4H,3H2;/q;;;+1/p-1. The number of carbonyl (C=O) groups is 2. The van der Waals surface area contributed by atoms with E-state index in [1.54, 1.807) is 64.8 Å². The van der Waals surface area contributed by atoms with E-state index in [0.717, 1.165) is 5.52 Å². The number of carboxylic acids is 1. The predicted molar refractivity (Wildman–Crippen MR) is 121 cm³/mol. The zero-order valence-electron chi connectivity index (χ0n) is 19.0. The molecule has 180 valence electrons. The van der Waals surface area contributed by atoms with Crippen LogP contribution in [0.5, 0.6) is 0 Å². The molecule has 6 aromatic rings. The van der Waals surface area contributed by atoms with Crippen LogP contribution in [0.25, 0.3) is 22.2 Å². The van der Waals surface area contributed by atoms with Crippen molar-refractivity contribution in [2.24, 2.45) is 0 Å². The molecule has 0 saturated carbocycles. The third kappa shape index (κ3) is 6.92. The van der Waals surface area contributed by atoms with Crippen LogP contribution < -0.4 is 34.7 Å². The van der Waals surface area contributed by atoms with Crippen molar-refractivity contribution in [1.29, 1.82) is 0 Å². The van der Waals surface area contributed by atoms with Crippen LogP contribution in [-0.2, 0) is 17.5 Å². The smallest absolute Gasteiger partial charge is 0.543 e. The third-order valence-electron chi connectivity index (χ3n) is 4.52. The van der Waals surface area contributed by atoms with Gasteiger partial charge in [-0.2, -0.15) is 0 Å². The van der Waals surface area contributed by atoms with Gasteiger partial charge in [0.25, 0.3) is 0 Å². The maximum atomic E-state index is 11.7. The Morgan fingerprint density at radius 1 is 0.944 bits per heavy atom. The molecule has 6 rings (SSSR count). The molecular formula is C22H18ClN6NaO6. The molecule has 0 saturated heterocycles. The summed E-state index contributed by atoms with van der Waals surface area (Å²) in [5.74, 6) is -1.65. The largest absolute Gasteiger partial charge is 1.00 e. The first-order chi connectivity index (χ1) is 17.0. The summed E-state index contributed by atoms with van der Waals surface area (Å²) in [5, 5.41) is 10.3. The van der Waals surface area contributed by atoms with E-state index >= 15 is 0 Å². The number of aromatic carboxylic acids is 1. The maximum Gasteiger partial charge on any atom is 1.00 e. The summed E-state index contributed by atoms with van der Waals surface area (Å²) < 4.78 is 18.6. The van der Waals surface area contributed by atoms with E-state index in [2.05, 4.69) is 19.9 Å². The molecule has 0 aliphatic heterocycles. The summed E-state index contributed by atoms with van der Waals surface area (Å²) in [7, 11) is 0. The number of aromatic nitrogens is 6. The number of fused-ring (bicyclic) bond motifs is 2. The Balaban J connectivity index is 0.000000164. The fourth-order valence-corrected chi connectivity index (χ4v) is 2.99. The summed E-state index contributed by atoms with van der Waals surface area (Å²) in [5.41, 5.74) is 3.03. The predicted octanol–water partition coefficient (Wildman–Crippen LogP) is -0.0203. The summed E-state index contributed by atoms with van der Waals surface area (Å²) in [6.07, 6.45) is 13.1. The Morgan fingerprint density at radius 3 is 1.97 bits per heavy atom. The minimum Gasteiger partial charge on any atom is -0.543 e. The van der Waals surface area contributed by atoms with Gasteiger partial charge in [-0.15, -0.1) is 11.6 Å². The van der Waals surface area contributed by atoms with Crippen molar-refractivity contribution in [3.63, 3.8) is 0 Å². The number of furan rings is 2. The van der Waals surface area contributed by atoms with Gasteiger partial charge in [0.15, 0.2) is 17.9 Å². The normalized spacial score (nSPS) is 10.1. The fraction of sp³-hybridized carbons (Fsp3) is 0.0909. The summed E-state index contributed by atoms with van der Waals surface area (Å²) in [6.45, 7) is 0.138. The SMILES string of the molecule is ClCn1ccnc1.O=C(OCn1ccnc1)c1cc2occc2[nH]1.O=C([O-])c1cc2occc2[nH]1.[Na+]. The van der Waals surface area contributed by atoms with E-state index < -0.39 is 11.9 Å². The third-order valence-corrected chi connectivity index (χ3v) is 4.80. The van der Waals surface area contributed by atoms with Gasteiger partial charge in [0.1, 0.15) is 5.69 Å². The number of rotatable bonds is 5. The first-order valence-corrected chi connectivity index (χ1v) is 10.6. The molecule has 0 radical (unpaired) electrons. The summed E-state index contributed by atoms with van der Waals surface area (Å²) in [6, 6.07) is 6.90. The zero-order valence-corrected chi connectivity index (χ0v) is 21.7. The minimum atomic E-state index is -1.23. The molecule has 0 aromatic carbocycles. The molecule has 0 atom stereocenters. The van der Waals surface area contributed by atoms with Crippen LogP contribution in [0.15, 0.2) is 83.1 Å². The van der Waals surface area contributed by atoms with Crippen LogP contribution in [0.1, 0.15) is 21.0 Å². The van der Waals surface area contributed by atoms with Gasteiger partial charge in [0.05, 0.1) is 53.9 Å². The number of nitrogens with one attached hydrogen (secondary N) is 2. The van der Waals surface area contributed by atoms with Crippen LogP contribution in [0.2, 0.25) is 0 Å². The topological polar surface area (TPSA) is 160 Å². The van der Waals surface area contributed by atoms with E-state index in [1.165, 1.54) is 12.3 Å². The second-order valence-corrected chi connectivity index (χ2v) is 7.12. The van der Waals surface area contributed by atoms with Gasteiger partial charge in [-0.1, -0.05) is 0 Å². The molecular weight excluding hydrogens is 503 g/mol. The van der Waals surface area contributed by atoms with Gasteiger partial charge in [0.2, 0.25) is 0 Å². The summed E-state index contributed by atoms with van der Waals surface area (Å²) >= 11 is 5.39. The van der Waals surface area contributed by atoms with Gasteiger partial charge in [-0.05, 0) is 0 Å². The van der Waals surface area contributed by atoms with Crippen molar-refractivity contribution in [2.75, 3.05) is 0 Å². The Bertz CT molecular complexity index is 1440. The molecule has 2 N–H and O–H groups in total. The number of ether oxygens (including phenoxy) is 1. The van der Waals surface area contributed by atoms with Gasteiger partial charge < -0.3 is 42.6 Å². The quantitative estimate of drug-likeness (QED) is 0.182. The van der Waals surface area contributed by atoms with Crippen LogP contribution >= 0.6 is 11.6 Å². The van der Waals surface area contributed by atoms with E-state index in [-0.39, 0.29) is 42.0 Å². The number of imidazole rings is 2. The number of halogens is 1. The van der Waals surface area contributed by atoms with Crippen molar-refractivity contribution in [2.45, 2.75) is 12.7 Å². The number of hydrogen-bond donors (Lipinski definition) is 2. The number of hydrogen-bond acceptors (Lipinski definition) is 8. The molecule has 6 heterocycles. The molecule has 0 fully saturated rings. The molecule has 0 aliphatic carbocycles. The number of carboxylic acid groups (broad SMARTS) is 1. The molecule has 0 bridgehead atoms. The average molecular weight is 521 g/mol. The van der Waals surface area contributed by atoms with Gasteiger partial charge in [-0.3, -0.25) is 0 Å². The van der Waals surface area contributed by atoms with E-state index in [4.69, 9.17) is 25.2 Å². The molecule has 0 aliphatic rings. The van der Waals surface area contributed by atoms with Crippen LogP contribution in [0, 0.1) is 0 Å². The Hall–Kier alpha value is -3.71. The van der Waals surface area contributed by atoms with Crippen molar-refractivity contribution >= 4 is 45.7 Å². The molecule has 0 unspecified atom stereocenters. The van der Waals surface area contributed by atoms with E-state index in [1.807, 2.05) is 6.20 Å². The van der Waals surface area contributed by atoms with Crippen LogP contribution in [0.3, 0.4) is 0 Å². The number of H-pyrrole nitrogens is 2. The molecule has 0 spiro atoms. The van der Waals surface area contributed by atoms with Crippen molar-refractivity contribution in [3.8, 4) is 0 Å². The van der Waals surface area contributed by atoms with Gasteiger partial charge in [0, 0.05) is 49.1 Å². The Morgan fingerprint density at radius 2 is 1.50 bits per heavy atom. The van der Waals surface area contributed by atoms with E-state index in [9.17, 15) is 14.7 Å². The molecule has 6 aromatic heterocycles. The zero-order chi connectivity index (χ0) is 24.6. The van der Waals surface area contributed by atoms with Crippen LogP contribution in [-0.4, -0.2) is 41.0 Å². The molecule has 12 nitrogen and oxygen atoms in total. The first-order valence-electron chi connectivity index (χ1n) is 10.0. The second-order valence-electron chi connectivity index (χ2n) is 6.88. The van der Waals surface area contributed by atoms with Crippen molar-refractivity contribution < 1.29 is 57.8 Å². The van der Waals surface area contributed by atoms with Gasteiger partial charge >= 0.3 is 35.5 Å². The van der Waals surface area contributed by atoms with Crippen LogP contribution in [0.4, 0.5) is 0 Å². The van der Waals surface area contributed by atoms with Crippen molar-refractivity contribution in [1.82, 2.24) is 29.1 Å². The number of nitrogens with zero attached hydrogens (tertiary/aromatic N) is 4. The van der Waals surface area contributed by atoms with Crippen molar-refractivity contribution in [3.05, 3.63) is 85.6 Å². The number of carbonyl (C=O) groups excluding carboxylic acids is 2.